The first kappa shape index (κ1) is 12.6. The van der Waals surface area contributed by atoms with E-state index in [4.69, 9.17) is 0 Å². The molecule has 0 radical (unpaired) electrons. The number of hydrogen-bond donors (Lipinski definition) is 1. The van der Waals surface area contributed by atoms with Gasteiger partial charge in [0.25, 0.3) is 0 Å². The first-order chi connectivity index (χ1) is 9.36. The molecular formula is C14H18N4S. The molecule has 0 saturated carbocycles. The molecule has 100 valence electrons. The third kappa shape index (κ3) is 2.77. The van der Waals surface area contributed by atoms with Gasteiger partial charge < -0.3 is 5.32 Å². The number of nitrogens with zero attached hydrogens (tertiary/aromatic N) is 3. The summed E-state index contributed by atoms with van der Waals surface area (Å²) in [5, 5.41) is 5.20. The Bertz CT molecular complexity index is 526. The van der Waals surface area contributed by atoms with Crippen LogP contribution in [0.1, 0.15) is 29.5 Å². The van der Waals surface area contributed by atoms with E-state index < -0.39 is 0 Å². The van der Waals surface area contributed by atoms with E-state index in [9.17, 15) is 0 Å². The molecule has 0 amide bonds. The number of likely N-dealkylation sites (tertiary alicyclic amines) is 1. The van der Waals surface area contributed by atoms with E-state index in [-0.39, 0.29) is 0 Å². The molecule has 0 unspecified atom stereocenters. The second-order valence-electron chi connectivity index (χ2n) is 4.79. The summed E-state index contributed by atoms with van der Waals surface area (Å²) in [7, 11) is 1.88. The molecule has 19 heavy (non-hydrogen) atoms. The van der Waals surface area contributed by atoms with Crippen LogP contribution in [0.4, 0.5) is 5.82 Å². The van der Waals surface area contributed by atoms with Crippen LogP contribution in [0.2, 0.25) is 0 Å². The lowest BCUT2D eigenvalue weighted by atomic mass is 10.1. The minimum atomic E-state index is 0.405. The molecule has 0 aliphatic carbocycles. The van der Waals surface area contributed by atoms with Crippen molar-refractivity contribution in [2.75, 3.05) is 18.9 Å². The van der Waals surface area contributed by atoms with Crippen molar-refractivity contribution in [2.24, 2.45) is 0 Å². The van der Waals surface area contributed by atoms with Gasteiger partial charge in [0.2, 0.25) is 0 Å². The molecule has 2 aromatic heterocycles. The summed E-state index contributed by atoms with van der Waals surface area (Å²) in [6.45, 7) is 2.17. The molecule has 2 aromatic rings. The highest BCUT2D eigenvalue weighted by Gasteiger charge is 2.27. The highest BCUT2D eigenvalue weighted by molar-refractivity contribution is 7.09. The van der Waals surface area contributed by atoms with Gasteiger partial charge in [0.1, 0.15) is 5.82 Å². The average Bonchev–Trinajstić information content (AvgIpc) is 3.11. The number of rotatable bonds is 4. The van der Waals surface area contributed by atoms with Crippen LogP contribution in [-0.4, -0.2) is 28.5 Å². The van der Waals surface area contributed by atoms with Gasteiger partial charge in [0.15, 0.2) is 0 Å². The molecule has 0 spiro atoms. The minimum Gasteiger partial charge on any atom is -0.372 e. The lowest BCUT2D eigenvalue weighted by Crippen LogP contribution is -2.23. The summed E-state index contributed by atoms with van der Waals surface area (Å²) in [6.07, 6.45) is 6.08. The van der Waals surface area contributed by atoms with Crippen molar-refractivity contribution < 1.29 is 0 Å². The summed E-state index contributed by atoms with van der Waals surface area (Å²) in [6, 6.07) is 4.73. The van der Waals surface area contributed by atoms with Crippen LogP contribution >= 0.6 is 11.3 Å². The van der Waals surface area contributed by atoms with E-state index in [1.807, 2.05) is 24.6 Å². The molecule has 1 fully saturated rings. The quantitative estimate of drug-likeness (QED) is 0.930. The third-order valence-corrected chi connectivity index (χ3v) is 4.41. The fraction of sp³-hybridized carbons (Fsp3) is 0.429. The Labute approximate surface area is 117 Å². The average molecular weight is 274 g/mol. The standard InChI is InChI=1S/C14H18N4S/c1-15-14-9-16-8-12(17-14)13-5-2-6-18(13)10-11-4-3-7-19-11/h3-4,7-9,13H,2,5-6,10H2,1H3,(H,15,17)/t13-/m1/s1. The lowest BCUT2D eigenvalue weighted by molar-refractivity contribution is 0.246. The van der Waals surface area contributed by atoms with E-state index in [2.05, 4.69) is 37.7 Å². The van der Waals surface area contributed by atoms with E-state index in [0.29, 0.717) is 6.04 Å². The monoisotopic (exact) mass is 274 g/mol. The van der Waals surface area contributed by atoms with Crippen molar-refractivity contribution in [3.8, 4) is 0 Å². The number of aromatic nitrogens is 2. The molecule has 5 heteroatoms. The van der Waals surface area contributed by atoms with Crippen molar-refractivity contribution in [3.05, 3.63) is 40.5 Å². The Morgan fingerprint density at radius 3 is 3.21 bits per heavy atom. The number of thiophene rings is 1. The summed E-state index contributed by atoms with van der Waals surface area (Å²) >= 11 is 1.82. The highest BCUT2D eigenvalue weighted by Crippen LogP contribution is 2.32. The normalized spacial score (nSPS) is 19.7. The van der Waals surface area contributed by atoms with Crippen molar-refractivity contribution in [2.45, 2.75) is 25.4 Å². The maximum absolute atomic E-state index is 4.64. The van der Waals surface area contributed by atoms with Crippen LogP contribution in [-0.2, 0) is 6.54 Å². The molecule has 1 aliphatic rings. The molecule has 3 rings (SSSR count). The van der Waals surface area contributed by atoms with Gasteiger partial charge in [-0.05, 0) is 30.8 Å². The van der Waals surface area contributed by atoms with Crippen molar-refractivity contribution >= 4 is 17.2 Å². The van der Waals surface area contributed by atoms with Gasteiger partial charge in [-0.2, -0.15) is 0 Å². The topological polar surface area (TPSA) is 41.1 Å². The number of nitrogens with one attached hydrogen (secondary N) is 1. The lowest BCUT2D eigenvalue weighted by Gasteiger charge is -2.23. The zero-order valence-corrected chi connectivity index (χ0v) is 11.9. The number of hydrogen-bond acceptors (Lipinski definition) is 5. The van der Waals surface area contributed by atoms with E-state index in [1.165, 1.54) is 17.7 Å². The summed E-state index contributed by atoms with van der Waals surface area (Å²) < 4.78 is 0. The molecule has 1 atom stereocenters. The summed E-state index contributed by atoms with van der Waals surface area (Å²) in [5.74, 6) is 0.848. The molecule has 1 N–H and O–H groups in total. The summed E-state index contributed by atoms with van der Waals surface area (Å²) in [4.78, 5) is 12.9. The van der Waals surface area contributed by atoms with Crippen LogP contribution in [0.3, 0.4) is 0 Å². The largest absolute Gasteiger partial charge is 0.372 e. The Morgan fingerprint density at radius 2 is 2.42 bits per heavy atom. The Hall–Kier alpha value is -1.46. The van der Waals surface area contributed by atoms with Gasteiger partial charge in [0, 0.05) is 18.5 Å². The van der Waals surface area contributed by atoms with Crippen LogP contribution in [0, 0.1) is 0 Å². The van der Waals surface area contributed by atoms with Crippen LogP contribution < -0.4 is 5.32 Å². The van der Waals surface area contributed by atoms with Gasteiger partial charge in [0.05, 0.1) is 24.1 Å². The fourth-order valence-corrected chi connectivity index (χ4v) is 3.34. The molecular weight excluding hydrogens is 256 g/mol. The van der Waals surface area contributed by atoms with Crippen LogP contribution in [0.5, 0.6) is 0 Å². The van der Waals surface area contributed by atoms with E-state index in [0.717, 1.165) is 24.6 Å². The van der Waals surface area contributed by atoms with Gasteiger partial charge in [-0.25, -0.2) is 4.98 Å². The van der Waals surface area contributed by atoms with Crippen molar-refractivity contribution in [3.63, 3.8) is 0 Å². The van der Waals surface area contributed by atoms with E-state index in [1.54, 1.807) is 6.20 Å². The van der Waals surface area contributed by atoms with Gasteiger partial charge >= 0.3 is 0 Å². The van der Waals surface area contributed by atoms with Crippen molar-refractivity contribution in [1.29, 1.82) is 0 Å². The van der Waals surface area contributed by atoms with Gasteiger partial charge in [-0.3, -0.25) is 9.88 Å². The van der Waals surface area contributed by atoms with Gasteiger partial charge in [-0.15, -0.1) is 11.3 Å². The Balaban J connectivity index is 1.78. The molecule has 1 aliphatic heterocycles. The smallest absolute Gasteiger partial charge is 0.144 e. The molecule has 0 bridgehead atoms. The predicted molar refractivity (Wildman–Crippen MR) is 78.3 cm³/mol. The zero-order chi connectivity index (χ0) is 13.1. The van der Waals surface area contributed by atoms with Crippen molar-refractivity contribution in [1.82, 2.24) is 14.9 Å². The molecule has 1 saturated heterocycles. The SMILES string of the molecule is CNc1cncc([C@H]2CCCN2Cc2cccs2)n1. The number of anilines is 1. The molecule has 4 nitrogen and oxygen atoms in total. The minimum absolute atomic E-state index is 0.405. The second-order valence-corrected chi connectivity index (χ2v) is 5.82. The third-order valence-electron chi connectivity index (χ3n) is 3.55. The predicted octanol–water partition coefficient (Wildman–Crippen LogP) is 2.92. The highest BCUT2D eigenvalue weighted by atomic mass is 32.1. The van der Waals surface area contributed by atoms with Crippen LogP contribution in [0.15, 0.2) is 29.9 Å². The summed E-state index contributed by atoms with van der Waals surface area (Å²) in [5.41, 5.74) is 1.08. The fourth-order valence-electron chi connectivity index (χ4n) is 2.62. The maximum atomic E-state index is 4.64. The van der Waals surface area contributed by atoms with E-state index >= 15 is 0 Å². The molecule has 0 aromatic carbocycles. The van der Waals surface area contributed by atoms with Gasteiger partial charge in [-0.1, -0.05) is 6.07 Å². The Kier molecular flexibility index (Phi) is 3.75. The maximum Gasteiger partial charge on any atom is 0.144 e. The zero-order valence-electron chi connectivity index (χ0n) is 11.0. The Morgan fingerprint density at radius 1 is 1.47 bits per heavy atom. The first-order valence-electron chi connectivity index (χ1n) is 6.63. The first-order valence-corrected chi connectivity index (χ1v) is 7.51. The molecule has 3 heterocycles. The second kappa shape index (κ2) is 5.67. The van der Waals surface area contributed by atoms with Crippen LogP contribution in [0.25, 0.3) is 0 Å².